The molecule has 0 fully saturated rings. The Morgan fingerprint density at radius 2 is 2.17 bits per heavy atom. The standard InChI is InChI=1S/C11H12BrClN2O2S/c1-15(6-2-5-12)18(16,17)10-4-3-9(8-14)11(13)7-10/h3-4,7H,2,5-6H2,1H3. The van der Waals surface area contributed by atoms with E-state index in [1.807, 2.05) is 6.07 Å². The summed E-state index contributed by atoms with van der Waals surface area (Å²) >= 11 is 9.08. The first kappa shape index (κ1) is 15.4. The zero-order chi connectivity index (χ0) is 13.8. The molecule has 0 bridgehead atoms. The molecule has 0 unspecified atom stereocenters. The Bertz CT molecular complexity index is 569. The van der Waals surface area contributed by atoms with Gasteiger partial charge in [-0.25, -0.2) is 12.7 Å². The van der Waals surface area contributed by atoms with Gasteiger partial charge in [0.1, 0.15) is 6.07 Å². The van der Waals surface area contributed by atoms with E-state index < -0.39 is 10.0 Å². The second kappa shape index (κ2) is 6.53. The number of benzene rings is 1. The van der Waals surface area contributed by atoms with Gasteiger partial charge in [0.2, 0.25) is 10.0 Å². The Kier molecular flexibility index (Phi) is 5.60. The van der Waals surface area contributed by atoms with Crippen molar-refractivity contribution < 1.29 is 8.42 Å². The van der Waals surface area contributed by atoms with Gasteiger partial charge in [-0.3, -0.25) is 0 Å². The van der Waals surface area contributed by atoms with Crippen LogP contribution in [0.1, 0.15) is 12.0 Å². The van der Waals surface area contributed by atoms with E-state index in [2.05, 4.69) is 15.9 Å². The SMILES string of the molecule is CN(CCCBr)S(=O)(=O)c1ccc(C#N)c(Cl)c1. The van der Waals surface area contributed by atoms with E-state index in [-0.39, 0.29) is 15.5 Å². The molecule has 7 heteroatoms. The maximum Gasteiger partial charge on any atom is 0.242 e. The number of halogens is 2. The molecule has 0 spiro atoms. The molecule has 0 aliphatic heterocycles. The van der Waals surface area contributed by atoms with E-state index >= 15 is 0 Å². The van der Waals surface area contributed by atoms with Gasteiger partial charge >= 0.3 is 0 Å². The summed E-state index contributed by atoms with van der Waals surface area (Å²) in [5.74, 6) is 0. The summed E-state index contributed by atoms with van der Waals surface area (Å²) in [5, 5.41) is 9.62. The highest BCUT2D eigenvalue weighted by molar-refractivity contribution is 9.09. The molecule has 0 radical (unpaired) electrons. The summed E-state index contributed by atoms with van der Waals surface area (Å²) in [7, 11) is -2.02. The van der Waals surface area contributed by atoms with Crippen LogP contribution in [0.2, 0.25) is 5.02 Å². The van der Waals surface area contributed by atoms with Crippen molar-refractivity contribution in [3.05, 3.63) is 28.8 Å². The third kappa shape index (κ3) is 3.45. The van der Waals surface area contributed by atoms with Crippen molar-refractivity contribution in [1.82, 2.24) is 4.31 Å². The fourth-order valence-electron chi connectivity index (χ4n) is 1.33. The quantitative estimate of drug-likeness (QED) is 0.766. The van der Waals surface area contributed by atoms with Crippen LogP contribution in [0.4, 0.5) is 0 Å². The summed E-state index contributed by atoms with van der Waals surface area (Å²) in [6, 6.07) is 6.00. The van der Waals surface area contributed by atoms with Crippen molar-refractivity contribution in [3.8, 4) is 6.07 Å². The Labute approximate surface area is 120 Å². The van der Waals surface area contributed by atoms with Gasteiger partial charge in [-0.05, 0) is 24.6 Å². The zero-order valence-corrected chi connectivity index (χ0v) is 12.9. The van der Waals surface area contributed by atoms with Crippen molar-refractivity contribution in [1.29, 1.82) is 5.26 Å². The minimum atomic E-state index is -3.54. The Hall–Kier alpha value is -0.610. The molecule has 0 aliphatic carbocycles. The predicted octanol–water partition coefficient (Wildman–Crippen LogP) is 2.62. The first-order valence-electron chi connectivity index (χ1n) is 5.15. The van der Waals surface area contributed by atoms with Crippen LogP contribution >= 0.6 is 27.5 Å². The van der Waals surface area contributed by atoms with Crippen LogP contribution < -0.4 is 0 Å². The average molecular weight is 352 g/mol. The molecule has 4 nitrogen and oxygen atoms in total. The van der Waals surface area contributed by atoms with Crippen molar-refractivity contribution >= 4 is 37.6 Å². The third-order valence-corrected chi connectivity index (χ3v) is 5.10. The molecule has 0 N–H and O–H groups in total. The predicted molar refractivity (Wildman–Crippen MR) is 74.4 cm³/mol. The maximum absolute atomic E-state index is 12.2. The van der Waals surface area contributed by atoms with Crippen molar-refractivity contribution in [2.75, 3.05) is 18.9 Å². The van der Waals surface area contributed by atoms with E-state index in [4.69, 9.17) is 16.9 Å². The molecule has 0 amide bonds. The first-order valence-corrected chi connectivity index (χ1v) is 8.09. The lowest BCUT2D eigenvalue weighted by atomic mass is 10.2. The molecule has 18 heavy (non-hydrogen) atoms. The van der Waals surface area contributed by atoms with Crippen LogP contribution in [0, 0.1) is 11.3 Å². The normalized spacial score (nSPS) is 11.5. The van der Waals surface area contributed by atoms with Crippen LogP contribution in [0.25, 0.3) is 0 Å². The summed E-state index contributed by atoms with van der Waals surface area (Å²) in [5.41, 5.74) is 0.263. The van der Waals surface area contributed by atoms with E-state index in [0.717, 1.165) is 11.8 Å². The first-order chi connectivity index (χ1) is 8.43. The van der Waals surface area contributed by atoms with Crippen molar-refractivity contribution in [3.63, 3.8) is 0 Å². The lowest BCUT2D eigenvalue weighted by Gasteiger charge is -2.16. The minimum Gasteiger partial charge on any atom is -0.207 e. The Morgan fingerprint density at radius 3 is 2.67 bits per heavy atom. The highest BCUT2D eigenvalue weighted by atomic mass is 79.9. The summed E-state index contributed by atoms with van der Waals surface area (Å²) in [6.07, 6.45) is 0.722. The second-order valence-electron chi connectivity index (χ2n) is 3.62. The monoisotopic (exact) mass is 350 g/mol. The highest BCUT2D eigenvalue weighted by Crippen LogP contribution is 2.22. The third-order valence-electron chi connectivity index (χ3n) is 2.38. The Morgan fingerprint density at radius 1 is 1.50 bits per heavy atom. The molecule has 0 atom stereocenters. The van der Waals surface area contributed by atoms with E-state index in [1.54, 1.807) is 0 Å². The zero-order valence-electron chi connectivity index (χ0n) is 9.73. The smallest absolute Gasteiger partial charge is 0.207 e. The molecule has 1 rings (SSSR count). The van der Waals surface area contributed by atoms with Crippen LogP contribution in [0.5, 0.6) is 0 Å². The number of rotatable bonds is 5. The van der Waals surface area contributed by atoms with Crippen LogP contribution in [0.3, 0.4) is 0 Å². The number of nitrogens with zero attached hydrogens (tertiary/aromatic N) is 2. The fraction of sp³-hybridized carbons (Fsp3) is 0.364. The molecule has 1 aromatic carbocycles. The number of nitriles is 1. The molecule has 1 aromatic rings. The van der Waals surface area contributed by atoms with Gasteiger partial charge in [-0.1, -0.05) is 27.5 Å². The second-order valence-corrected chi connectivity index (χ2v) is 6.87. The Balaban J connectivity index is 3.06. The lowest BCUT2D eigenvalue weighted by molar-refractivity contribution is 0.470. The van der Waals surface area contributed by atoms with Gasteiger partial charge in [0.15, 0.2) is 0 Å². The van der Waals surface area contributed by atoms with Crippen LogP contribution in [-0.2, 0) is 10.0 Å². The van der Waals surface area contributed by atoms with Gasteiger partial charge in [-0.15, -0.1) is 0 Å². The van der Waals surface area contributed by atoms with Gasteiger partial charge in [0.05, 0.1) is 15.5 Å². The summed E-state index contributed by atoms with van der Waals surface area (Å²) < 4.78 is 25.6. The van der Waals surface area contributed by atoms with Gasteiger partial charge in [0.25, 0.3) is 0 Å². The van der Waals surface area contributed by atoms with Crippen LogP contribution in [-0.4, -0.2) is 31.6 Å². The van der Waals surface area contributed by atoms with Crippen molar-refractivity contribution in [2.24, 2.45) is 0 Å². The molecule has 98 valence electrons. The lowest BCUT2D eigenvalue weighted by Crippen LogP contribution is -2.28. The minimum absolute atomic E-state index is 0.101. The molecule has 0 saturated heterocycles. The number of hydrogen-bond acceptors (Lipinski definition) is 3. The average Bonchev–Trinajstić information content (AvgIpc) is 2.35. The fourth-order valence-corrected chi connectivity index (χ4v) is 3.10. The topological polar surface area (TPSA) is 61.2 Å². The summed E-state index contributed by atoms with van der Waals surface area (Å²) in [4.78, 5) is 0.101. The van der Waals surface area contributed by atoms with Crippen molar-refractivity contribution in [2.45, 2.75) is 11.3 Å². The molecule has 0 saturated carbocycles. The van der Waals surface area contributed by atoms with Gasteiger partial charge < -0.3 is 0 Å². The molecule has 0 aliphatic rings. The van der Waals surface area contributed by atoms with E-state index in [1.165, 1.54) is 29.6 Å². The number of hydrogen-bond donors (Lipinski definition) is 0. The van der Waals surface area contributed by atoms with Gasteiger partial charge in [-0.2, -0.15) is 5.26 Å². The van der Waals surface area contributed by atoms with Crippen LogP contribution in [0.15, 0.2) is 23.1 Å². The molecule has 0 aromatic heterocycles. The molecular weight excluding hydrogens is 340 g/mol. The molecule has 0 heterocycles. The summed E-state index contributed by atoms with van der Waals surface area (Å²) in [6.45, 7) is 0.422. The molecular formula is C11H12BrClN2O2S. The largest absolute Gasteiger partial charge is 0.242 e. The highest BCUT2D eigenvalue weighted by Gasteiger charge is 2.21. The number of alkyl halides is 1. The maximum atomic E-state index is 12.2. The van der Waals surface area contributed by atoms with E-state index in [0.29, 0.717) is 6.54 Å². The van der Waals surface area contributed by atoms with E-state index in [9.17, 15) is 8.42 Å². The van der Waals surface area contributed by atoms with Gasteiger partial charge in [0, 0.05) is 18.9 Å². The number of sulfonamides is 1.